The zero-order valence-electron chi connectivity index (χ0n) is 25.9. The number of piperidine rings is 1. The van der Waals surface area contributed by atoms with Gasteiger partial charge in [-0.15, -0.1) is 0 Å². The number of nitrogens with one attached hydrogen (secondary N) is 1. The van der Waals surface area contributed by atoms with Crippen LogP contribution in [0, 0.1) is 0 Å². The highest BCUT2D eigenvalue weighted by atomic mass is 16.6. The van der Waals surface area contributed by atoms with Crippen LogP contribution < -0.4 is 15.1 Å². The molecule has 6 rings (SSSR count). The standard InChI is InChI=1S/C33H39N5O7/c1-33(2,3)45-32(43)21-4-6-22(7-5-21)37-16-17-44-24(20-37)19-35-12-14-36(15-13-35)23-8-9-25-26(18-23)31(42)38(30(25)41)27-10-11-28(39)34-29(27)40/h4-9,18,24,27H,10-17,19-20H2,1-3H3,(H,34,39,40)/t24-,27?/m1/s1. The number of rotatable bonds is 6. The van der Waals surface area contributed by atoms with Crippen molar-refractivity contribution in [3.05, 3.63) is 59.2 Å². The van der Waals surface area contributed by atoms with Crippen LogP contribution in [0.4, 0.5) is 11.4 Å². The molecule has 4 aliphatic heterocycles. The number of amides is 4. The lowest BCUT2D eigenvalue weighted by Gasteiger charge is -2.40. The van der Waals surface area contributed by atoms with E-state index < -0.39 is 35.3 Å². The fourth-order valence-corrected chi connectivity index (χ4v) is 6.34. The van der Waals surface area contributed by atoms with E-state index in [0.717, 1.165) is 62.1 Å². The summed E-state index contributed by atoms with van der Waals surface area (Å²) >= 11 is 0. The molecule has 0 radical (unpaired) electrons. The van der Waals surface area contributed by atoms with E-state index in [1.807, 2.05) is 51.1 Å². The highest BCUT2D eigenvalue weighted by molar-refractivity contribution is 6.23. The Morgan fingerprint density at radius 3 is 2.27 bits per heavy atom. The molecule has 0 saturated carbocycles. The van der Waals surface area contributed by atoms with E-state index in [-0.39, 0.29) is 30.5 Å². The second-order valence-corrected chi connectivity index (χ2v) is 13.0. The second-order valence-electron chi connectivity index (χ2n) is 13.0. The average Bonchev–Trinajstić information content (AvgIpc) is 3.25. The van der Waals surface area contributed by atoms with Gasteiger partial charge < -0.3 is 19.3 Å². The predicted octanol–water partition coefficient (Wildman–Crippen LogP) is 2.07. The molecule has 45 heavy (non-hydrogen) atoms. The fraction of sp³-hybridized carbons (Fsp3) is 0.485. The Labute approximate surface area is 262 Å². The van der Waals surface area contributed by atoms with E-state index in [4.69, 9.17) is 9.47 Å². The van der Waals surface area contributed by atoms with E-state index in [1.54, 1.807) is 12.1 Å². The molecule has 2 aromatic carbocycles. The molecule has 12 nitrogen and oxygen atoms in total. The fourth-order valence-electron chi connectivity index (χ4n) is 6.34. The van der Waals surface area contributed by atoms with Crippen LogP contribution >= 0.6 is 0 Å². The molecule has 12 heteroatoms. The van der Waals surface area contributed by atoms with Crippen molar-refractivity contribution in [2.45, 2.75) is 51.4 Å². The molecule has 0 bridgehead atoms. The smallest absolute Gasteiger partial charge is 0.338 e. The highest BCUT2D eigenvalue weighted by Gasteiger charge is 2.44. The van der Waals surface area contributed by atoms with Gasteiger partial charge in [0.05, 0.1) is 29.4 Å². The first-order chi connectivity index (χ1) is 21.5. The number of esters is 1. The SMILES string of the molecule is CC(C)(C)OC(=O)c1ccc(N2CCO[C@H](CN3CCN(c4ccc5c(c4)C(=O)N(C4CCC(=O)NC4=O)C5=O)CC3)C2)cc1. The summed E-state index contributed by atoms with van der Waals surface area (Å²) in [5.41, 5.74) is 2.46. The van der Waals surface area contributed by atoms with Crippen LogP contribution in [0.25, 0.3) is 0 Å². The van der Waals surface area contributed by atoms with Crippen molar-refractivity contribution in [2.75, 3.05) is 62.2 Å². The number of carbonyl (C=O) groups excluding carboxylic acids is 5. The number of anilines is 2. The molecule has 3 fully saturated rings. The maximum atomic E-state index is 13.2. The average molecular weight is 618 g/mol. The summed E-state index contributed by atoms with van der Waals surface area (Å²) in [4.78, 5) is 70.4. The molecule has 4 amide bonds. The Morgan fingerprint density at radius 1 is 0.889 bits per heavy atom. The van der Waals surface area contributed by atoms with Crippen molar-refractivity contribution < 1.29 is 33.4 Å². The molecule has 3 saturated heterocycles. The molecule has 1 N–H and O–H groups in total. The summed E-state index contributed by atoms with van der Waals surface area (Å²) < 4.78 is 11.6. The predicted molar refractivity (Wildman–Crippen MR) is 165 cm³/mol. The van der Waals surface area contributed by atoms with Crippen molar-refractivity contribution >= 4 is 41.0 Å². The summed E-state index contributed by atoms with van der Waals surface area (Å²) in [6, 6.07) is 11.8. The number of piperazine rings is 1. The van der Waals surface area contributed by atoms with Gasteiger partial charge in [0.1, 0.15) is 11.6 Å². The Bertz CT molecular complexity index is 1510. The van der Waals surface area contributed by atoms with Gasteiger partial charge in [-0.05, 0) is 69.7 Å². The maximum Gasteiger partial charge on any atom is 0.338 e. The molecule has 0 aromatic heterocycles. The zero-order chi connectivity index (χ0) is 31.9. The monoisotopic (exact) mass is 617 g/mol. The molecule has 1 unspecified atom stereocenters. The van der Waals surface area contributed by atoms with Gasteiger partial charge in [-0.2, -0.15) is 0 Å². The van der Waals surface area contributed by atoms with Crippen LogP contribution in [-0.2, 0) is 19.1 Å². The molecule has 4 heterocycles. The normalized spacial score (nSPS) is 22.9. The summed E-state index contributed by atoms with van der Waals surface area (Å²) in [7, 11) is 0. The van der Waals surface area contributed by atoms with E-state index in [0.29, 0.717) is 17.7 Å². The third-order valence-electron chi connectivity index (χ3n) is 8.63. The zero-order valence-corrected chi connectivity index (χ0v) is 25.9. The molecule has 0 aliphatic carbocycles. The topological polar surface area (TPSA) is 129 Å². The third-order valence-corrected chi connectivity index (χ3v) is 8.63. The van der Waals surface area contributed by atoms with Crippen LogP contribution in [0.5, 0.6) is 0 Å². The van der Waals surface area contributed by atoms with E-state index in [1.165, 1.54) is 0 Å². The van der Waals surface area contributed by atoms with Gasteiger partial charge in [-0.3, -0.25) is 34.3 Å². The number of carbonyl (C=O) groups is 5. The van der Waals surface area contributed by atoms with Crippen molar-refractivity contribution in [3.63, 3.8) is 0 Å². The molecular formula is C33H39N5O7. The number of morpholine rings is 1. The van der Waals surface area contributed by atoms with Gasteiger partial charge in [-0.25, -0.2) is 4.79 Å². The molecule has 0 spiro atoms. The number of fused-ring (bicyclic) bond motifs is 1. The number of nitrogens with zero attached hydrogens (tertiary/aromatic N) is 4. The minimum Gasteiger partial charge on any atom is -0.456 e. The minimum atomic E-state index is -0.975. The van der Waals surface area contributed by atoms with Crippen molar-refractivity contribution in [3.8, 4) is 0 Å². The quantitative estimate of drug-likeness (QED) is 0.380. The van der Waals surface area contributed by atoms with E-state index in [9.17, 15) is 24.0 Å². The van der Waals surface area contributed by atoms with Crippen LogP contribution in [0.15, 0.2) is 42.5 Å². The number of hydrogen-bond donors (Lipinski definition) is 1. The number of hydrogen-bond acceptors (Lipinski definition) is 10. The first-order valence-electron chi connectivity index (χ1n) is 15.5. The summed E-state index contributed by atoms with van der Waals surface area (Å²) in [5, 5.41) is 2.23. The summed E-state index contributed by atoms with van der Waals surface area (Å²) in [6.45, 7) is 11.6. The number of ether oxygens (including phenoxy) is 2. The molecule has 2 atom stereocenters. The Morgan fingerprint density at radius 2 is 1.58 bits per heavy atom. The van der Waals surface area contributed by atoms with Gasteiger partial charge in [0.15, 0.2) is 0 Å². The van der Waals surface area contributed by atoms with Gasteiger partial charge >= 0.3 is 5.97 Å². The lowest BCUT2D eigenvalue weighted by Crippen LogP contribution is -2.54. The molecule has 2 aromatic rings. The third kappa shape index (κ3) is 6.57. The van der Waals surface area contributed by atoms with Gasteiger partial charge in [0.2, 0.25) is 11.8 Å². The maximum absolute atomic E-state index is 13.2. The Balaban J connectivity index is 1.02. The molecular weight excluding hydrogens is 578 g/mol. The Hall–Kier alpha value is -4.29. The van der Waals surface area contributed by atoms with Crippen molar-refractivity contribution in [2.24, 2.45) is 0 Å². The van der Waals surface area contributed by atoms with Crippen molar-refractivity contribution in [1.29, 1.82) is 0 Å². The van der Waals surface area contributed by atoms with Crippen LogP contribution in [0.1, 0.15) is 64.7 Å². The minimum absolute atomic E-state index is 0.0396. The summed E-state index contributed by atoms with van der Waals surface area (Å²) in [6.07, 6.45) is 0.262. The largest absolute Gasteiger partial charge is 0.456 e. The Kier molecular flexibility index (Phi) is 8.36. The number of benzene rings is 2. The lowest BCUT2D eigenvalue weighted by molar-refractivity contribution is -0.136. The second kappa shape index (κ2) is 12.2. The number of imide groups is 2. The van der Waals surface area contributed by atoms with Gasteiger partial charge in [-0.1, -0.05) is 0 Å². The van der Waals surface area contributed by atoms with Gasteiger partial charge in [0, 0.05) is 63.6 Å². The molecule has 238 valence electrons. The van der Waals surface area contributed by atoms with Crippen LogP contribution in [-0.4, -0.2) is 110 Å². The van der Waals surface area contributed by atoms with E-state index >= 15 is 0 Å². The summed E-state index contributed by atoms with van der Waals surface area (Å²) in [5.74, 6) is -2.33. The highest BCUT2D eigenvalue weighted by Crippen LogP contribution is 2.31. The van der Waals surface area contributed by atoms with E-state index in [2.05, 4.69) is 20.0 Å². The first kappa shape index (κ1) is 30.7. The van der Waals surface area contributed by atoms with Crippen LogP contribution in [0.3, 0.4) is 0 Å². The van der Waals surface area contributed by atoms with Crippen molar-refractivity contribution in [1.82, 2.24) is 15.1 Å². The molecule has 4 aliphatic rings. The lowest BCUT2D eigenvalue weighted by atomic mass is 10.0. The van der Waals surface area contributed by atoms with Crippen LogP contribution in [0.2, 0.25) is 0 Å². The van der Waals surface area contributed by atoms with Gasteiger partial charge in [0.25, 0.3) is 11.8 Å². The first-order valence-corrected chi connectivity index (χ1v) is 15.5.